The third kappa shape index (κ3) is 3.73. The van der Waals surface area contributed by atoms with Crippen molar-refractivity contribution in [2.45, 2.75) is 52.1 Å². The Morgan fingerprint density at radius 1 is 1.08 bits per heavy atom. The predicted molar refractivity (Wildman–Crippen MR) is 109 cm³/mol. The summed E-state index contributed by atoms with van der Waals surface area (Å²) >= 11 is 0. The number of H-pyrrole nitrogens is 1. The number of carbonyl (C=O) groups excluding carboxylic acids is 1. The number of ketones is 1. The van der Waals surface area contributed by atoms with Crippen molar-refractivity contribution in [1.82, 2.24) is 10.3 Å². The smallest absolute Gasteiger partial charge is 0.186 e. The molecule has 3 nitrogen and oxygen atoms in total. The van der Waals surface area contributed by atoms with Crippen molar-refractivity contribution in [2.24, 2.45) is 0 Å². The molecule has 0 aliphatic rings. The number of para-hydroxylation sites is 1. The van der Waals surface area contributed by atoms with E-state index in [0.29, 0.717) is 0 Å². The van der Waals surface area contributed by atoms with Crippen LogP contribution in [0.1, 0.15) is 61.1 Å². The Kier molecular flexibility index (Phi) is 5.89. The summed E-state index contributed by atoms with van der Waals surface area (Å²) in [6, 6.07) is 16.2. The minimum Gasteiger partial charge on any atom is -0.360 e. The molecule has 1 heterocycles. The molecule has 2 N–H and O–H groups in total. The number of hydrogen-bond donors (Lipinski definition) is 2. The van der Waals surface area contributed by atoms with Crippen molar-refractivity contribution < 1.29 is 4.79 Å². The van der Waals surface area contributed by atoms with E-state index in [1.165, 1.54) is 5.56 Å². The van der Waals surface area contributed by atoms with Gasteiger partial charge in [-0.05, 0) is 30.9 Å². The molecule has 0 bridgehead atoms. The lowest BCUT2D eigenvalue weighted by molar-refractivity contribution is 0.0937. The van der Waals surface area contributed by atoms with Crippen LogP contribution >= 0.6 is 0 Å². The minimum absolute atomic E-state index is 0.124. The second kappa shape index (κ2) is 8.33. The lowest BCUT2D eigenvalue weighted by Gasteiger charge is -2.22. The molecule has 3 aromatic rings. The van der Waals surface area contributed by atoms with Crippen molar-refractivity contribution in [2.75, 3.05) is 0 Å². The Morgan fingerprint density at radius 2 is 1.85 bits per heavy atom. The molecule has 0 saturated heterocycles. The van der Waals surface area contributed by atoms with E-state index in [1.807, 2.05) is 48.7 Å². The Labute approximate surface area is 155 Å². The summed E-state index contributed by atoms with van der Waals surface area (Å²) in [6.07, 6.45) is 4.95. The summed E-state index contributed by atoms with van der Waals surface area (Å²) in [6.45, 7) is 6.46. The number of benzene rings is 2. The van der Waals surface area contributed by atoms with E-state index in [9.17, 15) is 4.79 Å². The van der Waals surface area contributed by atoms with Crippen LogP contribution in [-0.2, 0) is 6.42 Å². The minimum atomic E-state index is -0.331. The van der Waals surface area contributed by atoms with Gasteiger partial charge in [0, 0.05) is 28.7 Å². The topological polar surface area (TPSA) is 44.9 Å². The zero-order valence-electron chi connectivity index (χ0n) is 15.9. The van der Waals surface area contributed by atoms with E-state index in [4.69, 9.17) is 0 Å². The van der Waals surface area contributed by atoms with Crippen LogP contribution in [0.4, 0.5) is 0 Å². The van der Waals surface area contributed by atoms with Gasteiger partial charge < -0.3 is 10.3 Å². The van der Waals surface area contributed by atoms with Gasteiger partial charge in [-0.15, -0.1) is 0 Å². The molecular formula is C23H28N2O. The average Bonchev–Trinajstić information content (AvgIpc) is 3.10. The van der Waals surface area contributed by atoms with Crippen molar-refractivity contribution in [3.8, 4) is 0 Å². The molecule has 0 radical (unpaired) electrons. The number of hydrogen-bond acceptors (Lipinski definition) is 2. The van der Waals surface area contributed by atoms with Crippen LogP contribution in [0.3, 0.4) is 0 Å². The lowest BCUT2D eigenvalue weighted by Crippen LogP contribution is -2.35. The van der Waals surface area contributed by atoms with Gasteiger partial charge in [0.2, 0.25) is 0 Å². The van der Waals surface area contributed by atoms with Gasteiger partial charge in [0.15, 0.2) is 5.78 Å². The van der Waals surface area contributed by atoms with Gasteiger partial charge in [0.25, 0.3) is 0 Å². The summed E-state index contributed by atoms with van der Waals surface area (Å²) in [5.74, 6) is 0.124. The van der Waals surface area contributed by atoms with E-state index >= 15 is 0 Å². The molecule has 136 valence electrons. The van der Waals surface area contributed by atoms with Crippen LogP contribution in [0.5, 0.6) is 0 Å². The number of fused-ring (bicyclic) bond motifs is 1. The summed E-state index contributed by atoms with van der Waals surface area (Å²) < 4.78 is 0. The van der Waals surface area contributed by atoms with Gasteiger partial charge in [0.1, 0.15) is 0 Å². The first kappa shape index (κ1) is 18.4. The molecule has 0 saturated carbocycles. The summed E-state index contributed by atoms with van der Waals surface area (Å²) in [4.78, 5) is 16.8. The second-order valence-electron chi connectivity index (χ2n) is 6.96. The van der Waals surface area contributed by atoms with E-state index in [1.54, 1.807) is 0 Å². The maximum atomic E-state index is 13.5. The summed E-state index contributed by atoms with van der Waals surface area (Å²) in [7, 11) is 0. The number of rotatable bonds is 8. The van der Waals surface area contributed by atoms with Crippen LogP contribution in [0, 0.1) is 0 Å². The Balaban J connectivity index is 2.00. The number of aromatic amines is 1. The molecule has 3 rings (SSSR count). The van der Waals surface area contributed by atoms with Gasteiger partial charge in [-0.2, -0.15) is 0 Å². The van der Waals surface area contributed by atoms with E-state index in [-0.39, 0.29) is 17.9 Å². The Bertz CT molecular complexity index is 866. The van der Waals surface area contributed by atoms with Crippen molar-refractivity contribution >= 4 is 16.7 Å². The number of carbonyl (C=O) groups is 1. The first-order valence-electron chi connectivity index (χ1n) is 9.59. The maximum absolute atomic E-state index is 13.5. The zero-order chi connectivity index (χ0) is 18.5. The SMILES string of the molecule is CCC[C@@H](C)N[C@H](C(=O)c1c[nH]c2c(CC)cccc12)c1ccccc1. The van der Waals surface area contributed by atoms with Crippen molar-refractivity contribution in [3.05, 3.63) is 71.4 Å². The lowest BCUT2D eigenvalue weighted by atomic mass is 9.95. The van der Waals surface area contributed by atoms with E-state index in [0.717, 1.165) is 41.3 Å². The van der Waals surface area contributed by atoms with Crippen LogP contribution < -0.4 is 5.32 Å². The standard InChI is InChI=1S/C23H28N2O/c1-4-10-16(3)25-22(18-11-7-6-8-12-18)23(26)20-15-24-21-17(5-2)13-9-14-19(20)21/h6-9,11-16,22,24-25H,4-5,10H2,1-3H3/t16-,22+/m1/s1. The first-order chi connectivity index (χ1) is 12.7. The summed E-state index contributed by atoms with van der Waals surface area (Å²) in [5.41, 5.74) is 4.10. The zero-order valence-corrected chi connectivity index (χ0v) is 15.9. The molecule has 0 fully saturated rings. The molecule has 1 aromatic heterocycles. The van der Waals surface area contributed by atoms with Gasteiger partial charge >= 0.3 is 0 Å². The van der Waals surface area contributed by atoms with Gasteiger partial charge in [-0.1, -0.05) is 68.8 Å². The molecule has 26 heavy (non-hydrogen) atoms. The largest absolute Gasteiger partial charge is 0.360 e. The molecule has 2 aromatic carbocycles. The van der Waals surface area contributed by atoms with Crippen LogP contribution in [0.15, 0.2) is 54.7 Å². The monoisotopic (exact) mass is 348 g/mol. The van der Waals surface area contributed by atoms with Crippen molar-refractivity contribution in [3.63, 3.8) is 0 Å². The molecule has 0 unspecified atom stereocenters. The first-order valence-corrected chi connectivity index (χ1v) is 9.59. The number of aromatic nitrogens is 1. The quantitative estimate of drug-likeness (QED) is 0.533. The van der Waals surface area contributed by atoms with Gasteiger partial charge in [-0.3, -0.25) is 4.79 Å². The molecule has 0 spiro atoms. The van der Waals surface area contributed by atoms with Gasteiger partial charge in [-0.25, -0.2) is 0 Å². The highest BCUT2D eigenvalue weighted by Gasteiger charge is 2.25. The molecular weight excluding hydrogens is 320 g/mol. The fourth-order valence-electron chi connectivity index (χ4n) is 3.64. The van der Waals surface area contributed by atoms with Crippen LogP contribution in [0.25, 0.3) is 10.9 Å². The van der Waals surface area contributed by atoms with Crippen LogP contribution in [-0.4, -0.2) is 16.8 Å². The Hall–Kier alpha value is -2.39. The molecule has 0 aliphatic heterocycles. The molecule has 3 heteroatoms. The van der Waals surface area contributed by atoms with Crippen LogP contribution in [0.2, 0.25) is 0 Å². The third-order valence-corrected chi connectivity index (χ3v) is 5.02. The maximum Gasteiger partial charge on any atom is 0.186 e. The highest BCUT2D eigenvalue weighted by atomic mass is 16.1. The highest BCUT2D eigenvalue weighted by molar-refractivity contribution is 6.11. The number of aryl methyl sites for hydroxylation is 1. The van der Waals surface area contributed by atoms with Gasteiger partial charge in [0.05, 0.1) is 6.04 Å². The number of Topliss-reactive ketones (excluding diaryl/α,β-unsaturated/α-hetero) is 1. The fourth-order valence-corrected chi connectivity index (χ4v) is 3.64. The van der Waals surface area contributed by atoms with Crippen molar-refractivity contribution in [1.29, 1.82) is 0 Å². The highest BCUT2D eigenvalue weighted by Crippen LogP contribution is 2.27. The second-order valence-corrected chi connectivity index (χ2v) is 6.96. The molecule has 0 amide bonds. The van der Waals surface area contributed by atoms with E-state index in [2.05, 4.69) is 37.1 Å². The predicted octanol–water partition coefficient (Wildman–Crippen LogP) is 5.43. The third-order valence-electron chi connectivity index (χ3n) is 5.02. The summed E-state index contributed by atoms with van der Waals surface area (Å²) in [5, 5.41) is 4.57. The molecule has 2 atom stereocenters. The molecule has 0 aliphatic carbocycles. The fraction of sp³-hybridized carbons (Fsp3) is 0.348. The number of nitrogens with one attached hydrogen (secondary N) is 2. The van der Waals surface area contributed by atoms with E-state index < -0.39 is 0 Å². The normalized spacial score (nSPS) is 13.7. The Morgan fingerprint density at radius 3 is 2.54 bits per heavy atom. The average molecular weight is 348 g/mol.